The zero-order valence-electron chi connectivity index (χ0n) is 21.8. The van der Waals surface area contributed by atoms with E-state index in [-0.39, 0.29) is 11.4 Å². The van der Waals surface area contributed by atoms with Gasteiger partial charge >= 0.3 is 23.9 Å². The molecule has 0 heterocycles. The Kier molecular flexibility index (Phi) is 11.2. The van der Waals surface area contributed by atoms with Crippen molar-refractivity contribution in [3.63, 3.8) is 0 Å². The Labute approximate surface area is 226 Å². The lowest BCUT2D eigenvalue weighted by Crippen LogP contribution is -2.57. The fraction of sp³-hybridized carbons (Fsp3) is 0.308. The minimum Gasteiger partial charge on any atom is -0.454 e. The first-order valence-electron chi connectivity index (χ1n) is 11.6. The maximum atomic E-state index is 14.2. The van der Waals surface area contributed by atoms with Crippen LogP contribution in [0.2, 0.25) is 0 Å². The van der Waals surface area contributed by atoms with Crippen molar-refractivity contribution in [2.24, 2.45) is 0 Å². The topological polar surface area (TPSA) is 163 Å². The summed E-state index contributed by atoms with van der Waals surface area (Å²) in [6, 6.07) is 9.83. The third-order valence-electron chi connectivity index (χ3n) is 4.89. The Hall–Kier alpha value is -4.88. The number of hydrogen-bond acceptors (Lipinski definition) is 10. The van der Waals surface area contributed by atoms with Gasteiger partial charge in [-0.1, -0.05) is 24.3 Å². The smallest absolute Gasteiger partial charge is 0.303 e. The molecule has 214 valence electrons. The molecule has 2 aromatic carbocycles. The summed E-state index contributed by atoms with van der Waals surface area (Å²) in [6.07, 6.45) is -8.62. The molecule has 0 fully saturated rings. The molecule has 12 nitrogen and oxygen atoms in total. The maximum Gasteiger partial charge on any atom is 0.303 e. The molecule has 4 unspecified atom stereocenters. The van der Waals surface area contributed by atoms with E-state index in [4.69, 9.17) is 18.9 Å². The van der Waals surface area contributed by atoms with Gasteiger partial charge < -0.3 is 29.6 Å². The molecule has 0 saturated heterocycles. The van der Waals surface area contributed by atoms with E-state index in [9.17, 15) is 37.5 Å². The summed E-state index contributed by atoms with van der Waals surface area (Å²) in [5.41, 5.74) is -0.715. The van der Waals surface area contributed by atoms with Crippen molar-refractivity contribution >= 4 is 47.1 Å². The van der Waals surface area contributed by atoms with Crippen LogP contribution in [-0.2, 0) is 47.7 Å². The molecule has 4 atom stereocenters. The Morgan fingerprint density at radius 2 is 0.850 bits per heavy atom. The summed E-state index contributed by atoms with van der Waals surface area (Å²) >= 11 is 0. The number of carbonyl (C=O) groups excluding carboxylic acids is 6. The van der Waals surface area contributed by atoms with Gasteiger partial charge in [-0.25, -0.2) is 8.78 Å². The van der Waals surface area contributed by atoms with Crippen molar-refractivity contribution in [2.75, 3.05) is 10.6 Å². The van der Waals surface area contributed by atoms with Crippen molar-refractivity contribution in [3.05, 3.63) is 60.2 Å². The Morgan fingerprint density at radius 3 is 1.12 bits per heavy atom. The lowest BCUT2D eigenvalue weighted by atomic mass is 10.00. The molecule has 0 radical (unpaired) electrons. The number of amides is 2. The van der Waals surface area contributed by atoms with Crippen molar-refractivity contribution in [2.45, 2.75) is 52.1 Å². The first-order chi connectivity index (χ1) is 18.8. The largest absolute Gasteiger partial charge is 0.454 e. The second-order valence-electron chi connectivity index (χ2n) is 8.15. The molecule has 0 aliphatic rings. The molecule has 2 rings (SSSR count). The van der Waals surface area contributed by atoms with Crippen LogP contribution in [0.5, 0.6) is 0 Å². The molecular formula is C26H26F2N2O10. The molecule has 0 bridgehead atoms. The Balaban J connectivity index is 2.62. The van der Waals surface area contributed by atoms with Crippen LogP contribution in [0.25, 0.3) is 0 Å². The third kappa shape index (κ3) is 9.15. The summed E-state index contributed by atoms with van der Waals surface area (Å²) in [4.78, 5) is 74.5. The van der Waals surface area contributed by atoms with Crippen LogP contribution < -0.4 is 10.6 Å². The van der Waals surface area contributed by atoms with Crippen molar-refractivity contribution in [1.29, 1.82) is 0 Å². The van der Waals surface area contributed by atoms with Crippen LogP contribution in [0.3, 0.4) is 0 Å². The molecule has 14 heteroatoms. The standard InChI is InChI=1S/C26H26F2N2O10/c1-13(31)37-21(23(39-15(3)33)25(35)29-19-11-7-5-9-17(19)27)22(38-14(2)32)24(40-16(4)34)26(36)30-20-12-8-6-10-18(20)28/h5-12,21-24H,1-4H3,(H,29,35)(H,30,36). The lowest BCUT2D eigenvalue weighted by Gasteiger charge is -2.34. The first kappa shape index (κ1) is 31.3. The van der Waals surface area contributed by atoms with Gasteiger partial charge in [-0.3, -0.25) is 28.8 Å². The molecule has 0 aliphatic carbocycles. The highest BCUT2D eigenvalue weighted by Gasteiger charge is 2.49. The molecule has 0 aromatic heterocycles. The number of rotatable bonds is 11. The minimum absolute atomic E-state index is 0.357. The van der Waals surface area contributed by atoms with Crippen molar-refractivity contribution < 1.29 is 56.5 Å². The van der Waals surface area contributed by atoms with Crippen LogP contribution in [0, 0.1) is 11.6 Å². The predicted octanol–water partition coefficient (Wildman–Crippen LogP) is 2.27. The minimum atomic E-state index is -2.18. The van der Waals surface area contributed by atoms with Gasteiger partial charge in [0.15, 0.2) is 12.2 Å². The average molecular weight is 564 g/mol. The zero-order valence-corrected chi connectivity index (χ0v) is 21.8. The van der Waals surface area contributed by atoms with Crippen LogP contribution in [-0.4, -0.2) is 60.1 Å². The van der Waals surface area contributed by atoms with E-state index in [1.807, 2.05) is 0 Å². The molecule has 2 N–H and O–H groups in total. The van der Waals surface area contributed by atoms with E-state index in [1.54, 1.807) is 0 Å². The number of hydrogen-bond donors (Lipinski definition) is 2. The van der Waals surface area contributed by atoms with Crippen LogP contribution in [0.15, 0.2) is 48.5 Å². The number of benzene rings is 2. The van der Waals surface area contributed by atoms with E-state index in [0.717, 1.165) is 39.8 Å². The summed E-state index contributed by atoms with van der Waals surface area (Å²) in [6.45, 7) is 3.56. The van der Waals surface area contributed by atoms with Crippen LogP contribution >= 0.6 is 0 Å². The monoisotopic (exact) mass is 564 g/mol. The number of halogens is 2. The van der Waals surface area contributed by atoms with Gasteiger partial charge in [-0.15, -0.1) is 0 Å². The third-order valence-corrected chi connectivity index (χ3v) is 4.89. The normalized spacial score (nSPS) is 13.4. The van der Waals surface area contributed by atoms with Gasteiger partial charge in [-0.2, -0.15) is 0 Å². The van der Waals surface area contributed by atoms with Gasteiger partial charge in [0.2, 0.25) is 12.2 Å². The summed E-state index contributed by atoms with van der Waals surface area (Å²) in [5, 5.41) is 4.31. The van der Waals surface area contributed by atoms with Gasteiger partial charge in [0, 0.05) is 27.7 Å². The first-order valence-corrected chi connectivity index (χ1v) is 11.6. The fourth-order valence-corrected chi connectivity index (χ4v) is 3.42. The Bertz CT molecular complexity index is 1190. The summed E-state index contributed by atoms with van der Waals surface area (Å²) in [7, 11) is 0. The maximum absolute atomic E-state index is 14.2. The highest BCUT2D eigenvalue weighted by atomic mass is 19.1. The molecule has 0 spiro atoms. The molecule has 2 amide bonds. The van der Waals surface area contributed by atoms with Gasteiger partial charge in [0.25, 0.3) is 11.8 Å². The quantitative estimate of drug-likeness (QED) is 0.306. The number of ether oxygens (including phenoxy) is 4. The van der Waals surface area contributed by atoms with Gasteiger partial charge in [0.05, 0.1) is 11.4 Å². The van der Waals surface area contributed by atoms with E-state index in [2.05, 4.69) is 10.6 Å². The number of carbonyl (C=O) groups is 6. The van der Waals surface area contributed by atoms with E-state index in [1.165, 1.54) is 36.4 Å². The molecule has 0 saturated carbocycles. The number of nitrogens with one attached hydrogen (secondary N) is 2. The predicted molar refractivity (Wildman–Crippen MR) is 132 cm³/mol. The van der Waals surface area contributed by atoms with E-state index < -0.39 is 71.7 Å². The Morgan fingerprint density at radius 1 is 0.550 bits per heavy atom. The second kappa shape index (κ2) is 14.3. The second-order valence-corrected chi connectivity index (χ2v) is 8.15. The van der Waals surface area contributed by atoms with E-state index in [0.29, 0.717) is 0 Å². The lowest BCUT2D eigenvalue weighted by molar-refractivity contribution is -0.198. The number of para-hydroxylation sites is 2. The summed E-state index contributed by atoms with van der Waals surface area (Å²) in [5.74, 6) is -8.66. The molecule has 2 aromatic rings. The van der Waals surface area contributed by atoms with Crippen molar-refractivity contribution in [3.8, 4) is 0 Å². The summed E-state index contributed by atoms with van der Waals surface area (Å²) < 4.78 is 48.8. The highest BCUT2D eigenvalue weighted by molar-refractivity contribution is 5.98. The van der Waals surface area contributed by atoms with Gasteiger partial charge in [0.1, 0.15) is 11.6 Å². The molecule has 0 aliphatic heterocycles. The van der Waals surface area contributed by atoms with Crippen LogP contribution in [0.4, 0.5) is 20.2 Å². The van der Waals surface area contributed by atoms with Gasteiger partial charge in [-0.05, 0) is 24.3 Å². The average Bonchev–Trinajstić information content (AvgIpc) is 2.85. The number of esters is 4. The number of anilines is 2. The molecular weight excluding hydrogens is 538 g/mol. The van der Waals surface area contributed by atoms with Crippen molar-refractivity contribution in [1.82, 2.24) is 0 Å². The van der Waals surface area contributed by atoms with Crippen LogP contribution in [0.1, 0.15) is 27.7 Å². The SMILES string of the molecule is CC(=O)OC(C(=O)Nc1ccccc1F)C(OC(C)=O)C(OC(C)=O)C(OC(C)=O)C(=O)Nc1ccccc1F. The highest BCUT2D eigenvalue weighted by Crippen LogP contribution is 2.23. The van der Waals surface area contributed by atoms with E-state index >= 15 is 0 Å². The molecule has 40 heavy (non-hydrogen) atoms. The fourth-order valence-electron chi connectivity index (χ4n) is 3.42. The zero-order chi connectivity index (χ0) is 30.0.